The second kappa shape index (κ2) is 8.69. The third-order valence-corrected chi connectivity index (χ3v) is 5.78. The van der Waals surface area contributed by atoms with Crippen LogP contribution in [-0.4, -0.2) is 49.5 Å². The van der Waals surface area contributed by atoms with Crippen LogP contribution >= 0.6 is 0 Å². The molecule has 1 N–H and O–H groups in total. The quantitative estimate of drug-likeness (QED) is 0.669. The third kappa shape index (κ3) is 4.29. The van der Waals surface area contributed by atoms with Gasteiger partial charge >= 0.3 is 0 Å². The first-order valence-electron chi connectivity index (χ1n) is 10.4. The van der Waals surface area contributed by atoms with Gasteiger partial charge < -0.3 is 5.32 Å². The molecule has 7 heteroatoms. The van der Waals surface area contributed by atoms with Crippen molar-refractivity contribution in [2.24, 2.45) is 0 Å². The Morgan fingerprint density at radius 2 is 2.10 bits per heavy atom. The summed E-state index contributed by atoms with van der Waals surface area (Å²) in [5.41, 5.74) is 2.65. The van der Waals surface area contributed by atoms with Crippen LogP contribution in [0.3, 0.4) is 0 Å². The molecule has 3 aromatic heterocycles. The Bertz CT molecular complexity index is 966. The molecule has 1 atom stereocenters. The Morgan fingerprint density at radius 1 is 1.24 bits per heavy atom. The van der Waals surface area contributed by atoms with Crippen molar-refractivity contribution in [1.29, 1.82) is 0 Å². The van der Waals surface area contributed by atoms with Crippen LogP contribution in [0.5, 0.6) is 0 Å². The zero-order valence-corrected chi connectivity index (χ0v) is 17.1. The highest BCUT2D eigenvalue weighted by Crippen LogP contribution is 2.27. The van der Waals surface area contributed by atoms with Gasteiger partial charge in [-0.05, 0) is 49.6 Å². The van der Waals surface area contributed by atoms with Gasteiger partial charge in [0.1, 0.15) is 5.82 Å². The average Bonchev–Trinajstić information content (AvgIpc) is 3.38. The summed E-state index contributed by atoms with van der Waals surface area (Å²) in [4.78, 5) is 19.3. The van der Waals surface area contributed by atoms with Gasteiger partial charge in [-0.15, -0.1) is 10.2 Å². The number of rotatable bonds is 7. The number of carbonyl (C=O) groups is 1. The lowest BCUT2D eigenvalue weighted by Gasteiger charge is -2.16. The maximum Gasteiger partial charge on any atom is 0.252 e. The van der Waals surface area contributed by atoms with E-state index >= 15 is 0 Å². The molecule has 0 radical (unpaired) electrons. The molecule has 1 amide bonds. The van der Waals surface area contributed by atoms with Crippen LogP contribution in [0, 0.1) is 0 Å². The van der Waals surface area contributed by atoms with Gasteiger partial charge in [-0.1, -0.05) is 19.9 Å². The van der Waals surface area contributed by atoms with E-state index in [4.69, 9.17) is 0 Å². The maximum atomic E-state index is 12.6. The van der Waals surface area contributed by atoms with Crippen LogP contribution in [0.2, 0.25) is 0 Å². The lowest BCUT2D eigenvalue weighted by molar-refractivity contribution is 0.0934. The van der Waals surface area contributed by atoms with E-state index in [0.717, 1.165) is 50.4 Å². The minimum absolute atomic E-state index is 0.0372. The van der Waals surface area contributed by atoms with Crippen LogP contribution in [-0.2, 0) is 6.54 Å². The van der Waals surface area contributed by atoms with Gasteiger partial charge in [0, 0.05) is 43.6 Å². The van der Waals surface area contributed by atoms with Gasteiger partial charge in [-0.2, -0.15) is 0 Å². The van der Waals surface area contributed by atoms with Crippen molar-refractivity contribution < 1.29 is 4.79 Å². The second-order valence-electron chi connectivity index (χ2n) is 7.77. The van der Waals surface area contributed by atoms with Crippen molar-refractivity contribution in [2.45, 2.75) is 51.6 Å². The first-order chi connectivity index (χ1) is 14.2. The molecule has 4 rings (SSSR count). The van der Waals surface area contributed by atoms with Crippen LogP contribution in [0.1, 0.15) is 60.8 Å². The minimum Gasteiger partial charge on any atom is -0.349 e. The molecule has 4 heterocycles. The van der Waals surface area contributed by atoms with E-state index in [1.165, 1.54) is 5.56 Å². The maximum absolute atomic E-state index is 12.6. The summed E-state index contributed by atoms with van der Waals surface area (Å²) < 4.78 is 1.99. The van der Waals surface area contributed by atoms with Crippen molar-refractivity contribution in [3.63, 3.8) is 0 Å². The Morgan fingerprint density at radius 3 is 2.86 bits per heavy atom. The molecule has 7 nitrogen and oxygen atoms in total. The first kappa shape index (κ1) is 19.5. The number of nitrogens with zero attached hydrogens (tertiary/aromatic N) is 5. The zero-order chi connectivity index (χ0) is 20.2. The first-order valence-corrected chi connectivity index (χ1v) is 10.4. The number of nitrogens with one attached hydrogen (secondary N) is 1. The number of pyridine rings is 2. The second-order valence-corrected chi connectivity index (χ2v) is 7.77. The van der Waals surface area contributed by atoms with E-state index in [0.29, 0.717) is 11.5 Å². The smallest absolute Gasteiger partial charge is 0.252 e. The molecule has 1 aliphatic rings. The van der Waals surface area contributed by atoms with E-state index in [-0.39, 0.29) is 11.9 Å². The monoisotopic (exact) mass is 392 g/mol. The fourth-order valence-electron chi connectivity index (χ4n) is 4.02. The van der Waals surface area contributed by atoms with Crippen molar-refractivity contribution in [1.82, 2.24) is 29.8 Å². The molecule has 1 unspecified atom stereocenters. The molecule has 152 valence electrons. The van der Waals surface area contributed by atoms with Gasteiger partial charge in [0.15, 0.2) is 5.65 Å². The number of hydrogen-bond acceptors (Lipinski definition) is 5. The summed E-state index contributed by atoms with van der Waals surface area (Å²) in [5.74, 6) is 1.20. The molecule has 0 bridgehead atoms. The SMILES string of the molecule is CCC(CC)NC(=O)c1ccc2nnc(C3CCN(Cc4cccnc4)C3)n2c1. The van der Waals surface area contributed by atoms with E-state index in [2.05, 4.69) is 45.3 Å². The van der Waals surface area contributed by atoms with Gasteiger partial charge in [0.2, 0.25) is 0 Å². The highest BCUT2D eigenvalue weighted by molar-refractivity contribution is 5.94. The van der Waals surface area contributed by atoms with Crippen molar-refractivity contribution in [3.8, 4) is 0 Å². The molecule has 0 aromatic carbocycles. The van der Waals surface area contributed by atoms with E-state index in [9.17, 15) is 4.79 Å². The Labute approximate surface area is 171 Å². The molecular weight excluding hydrogens is 364 g/mol. The molecule has 1 aliphatic heterocycles. The topological polar surface area (TPSA) is 75.4 Å². The van der Waals surface area contributed by atoms with Crippen LogP contribution in [0.15, 0.2) is 42.9 Å². The van der Waals surface area contributed by atoms with Crippen molar-refractivity contribution in [3.05, 3.63) is 59.8 Å². The summed E-state index contributed by atoms with van der Waals surface area (Å²) in [5, 5.41) is 11.9. The number of aromatic nitrogens is 4. The lowest BCUT2D eigenvalue weighted by atomic mass is 10.1. The van der Waals surface area contributed by atoms with Crippen LogP contribution in [0.25, 0.3) is 5.65 Å². The number of hydrogen-bond donors (Lipinski definition) is 1. The number of carbonyl (C=O) groups excluding carboxylic acids is 1. The summed E-state index contributed by atoms with van der Waals surface area (Å²) in [6.07, 6.45) is 8.49. The number of likely N-dealkylation sites (tertiary alicyclic amines) is 1. The highest BCUT2D eigenvalue weighted by atomic mass is 16.1. The molecule has 0 aliphatic carbocycles. The van der Waals surface area contributed by atoms with Gasteiger partial charge in [-0.25, -0.2) is 0 Å². The van der Waals surface area contributed by atoms with E-state index < -0.39 is 0 Å². The molecule has 1 saturated heterocycles. The third-order valence-electron chi connectivity index (χ3n) is 5.78. The van der Waals surface area contributed by atoms with Crippen LogP contribution < -0.4 is 5.32 Å². The van der Waals surface area contributed by atoms with Crippen molar-refractivity contribution >= 4 is 11.6 Å². The summed E-state index contributed by atoms with van der Waals surface area (Å²) >= 11 is 0. The molecule has 1 fully saturated rings. The molecule has 3 aromatic rings. The molecule has 0 spiro atoms. The van der Waals surface area contributed by atoms with Crippen molar-refractivity contribution in [2.75, 3.05) is 13.1 Å². The summed E-state index contributed by atoms with van der Waals surface area (Å²) in [7, 11) is 0. The minimum atomic E-state index is -0.0372. The van der Waals surface area contributed by atoms with Gasteiger partial charge in [-0.3, -0.25) is 19.1 Å². The number of fused-ring (bicyclic) bond motifs is 1. The largest absolute Gasteiger partial charge is 0.349 e. The standard InChI is InChI=1S/C22H28N6O/c1-3-19(4-2)24-22(29)18-7-8-20-25-26-21(28(20)15-18)17-9-11-27(14-17)13-16-6-5-10-23-12-16/h5-8,10,12,15,17,19H,3-4,9,11,13-14H2,1-2H3,(H,24,29). The normalized spacial score (nSPS) is 17.3. The van der Waals surface area contributed by atoms with E-state index in [1.807, 2.05) is 35.0 Å². The van der Waals surface area contributed by atoms with Gasteiger partial charge in [0.25, 0.3) is 5.91 Å². The lowest BCUT2D eigenvalue weighted by Crippen LogP contribution is -2.33. The fraction of sp³-hybridized carbons (Fsp3) is 0.455. The Hall–Kier alpha value is -2.80. The molecular formula is C22H28N6O. The zero-order valence-electron chi connectivity index (χ0n) is 17.1. The average molecular weight is 393 g/mol. The fourth-order valence-corrected chi connectivity index (χ4v) is 4.02. The Kier molecular flexibility index (Phi) is 5.85. The van der Waals surface area contributed by atoms with Gasteiger partial charge in [0.05, 0.1) is 5.56 Å². The van der Waals surface area contributed by atoms with Crippen LogP contribution in [0.4, 0.5) is 0 Å². The molecule has 0 saturated carbocycles. The summed E-state index contributed by atoms with van der Waals surface area (Å²) in [6, 6.07) is 7.99. The molecule has 29 heavy (non-hydrogen) atoms. The predicted octanol–water partition coefficient (Wildman–Crippen LogP) is 3.03. The number of amides is 1. The highest BCUT2D eigenvalue weighted by Gasteiger charge is 2.28. The summed E-state index contributed by atoms with van der Waals surface area (Å²) in [6.45, 7) is 7.02. The van der Waals surface area contributed by atoms with E-state index in [1.54, 1.807) is 6.20 Å². The predicted molar refractivity (Wildman–Crippen MR) is 112 cm³/mol. The Balaban J connectivity index is 1.50.